The average molecular weight is 461 g/mol. The van der Waals surface area contributed by atoms with Gasteiger partial charge in [-0.05, 0) is 70.5 Å². The molecule has 0 radical (unpaired) electrons. The highest BCUT2D eigenvalue weighted by Gasteiger charge is 2.28. The van der Waals surface area contributed by atoms with Crippen LogP contribution < -0.4 is 11.5 Å². The van der Waals surface area contributed by atoms with E-state index < -0.39 is 16.6 Å². The Morgan fingerprint density at radius 3 is 1.27 bits per heavy atom. The third kappa shape index (κ3) is 16.9. The molecule has 0 bridgehead atoms. The van der Waals surface area contributed by atoms with Gasteiger partial charge in [0.2, 0.25) is 0 Å². The predicted octanol–water partition coefficient (Wildman–Crippen LogP) is 6.81. The maximum absolute atomic E-state index is 6.99. The first-order chi connectivity index (χ1) is 14.1. The molecule has 0 aromatic rings. The van der Waals surface area contributed by atoms with Gasteiger partial charge in [0.25, 0.3) is 0 Å². The molecule has 4 N–H and O–H groups in total. The highest BCUT2D eigenvalue weighted by atomic mass is 28.4. The molecule has 4 nitrogen and oxygen atoms in total. The second kappa shape index (κ2) is 16.8. The van der Waals surface area contributed by atoms with Crippen LogP contribution in [0.15, 0.2) is 0 Å². The van der Waals surface area contributed by atoms with Gasteiger partial charge >= 0.3 is 0 Å². The van der Waals surface area contributed by atoms with Gasteiger partial charge in [0.15, 0.2) is 16.6 Å². The zero-order chi connectivity index (χ0) is 22.9. The minimum absolute atomic E-state index is 0.00132. The van der Waals surface area contributed by atoms with Gasteiger partial charge in [-0.1, -0.05) is 64.2 Å². The molecule has 0 aliphatic carbocycles. The highest BCUT2D eigenvalue weighted by molar-refractivity contribution is 6.71. The second-order valence-corrected chi connectivity index (χ2v) is 19.6. The normalized spacial score (nSPS) is 13.2. The first-order valence-electron chi connectivity index (χ1n) is 12.7. The van der Waals surface area contributed by atoms with Crippen molar-refractivity contribution in [3.63, 3.8) is 0 Å². The molecule has 0 fully saturated rings. The zero-order valence-electron chi connectivity index (χ0n) is 21.5. The van der Waals surface area contributed by atoms with E-state index in [1.165, 1.54) is 89.1 Å². The van der Waals surface area contributed by atoms with E-state index in [-0.39, 0.29) is 5.54 Å². The van der Waals surface area contributed by atoms with Crippen molar-refractivity contribution < 1.29 is 8.85 Å². The first-order valence-corrected chi connectivity index (χ1v) is 18.9. The van der Waals surface area contributed by atoms with Crippen molar-refractivity contribution in [1.29, 1.82) is 0 Å². The summed E-state index contributed by atoms with van der Waals surface area (Å²) in [6.07, 6.45) is 17.8. The molecule has 0 aliphatic rings. The third-order valence-electron chi connectivity index (χ3n) is 6.89. The maximum atomic E-state index is 6.99. The SMILES string of the molecule is CO[Si](C)(C)CCCC(N)(CCCCCCCCCCCN)CCC[Si](C)(C)OC. The molecular formula is C24H56N2O2Si2. The van der Waals surface area contributed by atoms with Crippen LogP contribution in [0.1, 0.15) is 89.9 Å². The van der Waals surface area contributed by atoms with Gasteiger partial charge in [-0.2, -0.15) is 0 Å². The van der Waals surface area contributed by atoms with Gasteiger partial charge in [0.1, 0.15) is 0 Å². The van der Waals surface area contributed by atoms with E-state index in [9.17, 15) is 0 Å². The minimum Gasteiger partial charge on any atom is -0.420 e. The molecule has 30 heavy (non-hydrogen) atoms. The van der Waals surface area contributed by atoms with Gasteiger partial charge in [-0.15, -0.1) is 0 Å². The highest BCUT2D eigenvalue weighted by Crippen LogP contribution is 2.29. The summed E-state index contributed by atoms with van der Waals surface area (Å²) >= 11 is 0. The molecule has 0 amide bonds. The van der Waals surface area contributed by atoms with Crippen LogP contribution in [0.4, 0.5) is 0 Å². The third-order valence-corrected chi connectivity index (χ3v) is 12.2. The van der Waals surface area contributed by atoms with Crippen LogP contribution in [0, 0.1) is 0 Å². The van der Waals surface area contributed by atoms with Gasteiger partial charge < -0.3 is 20.3 Å². The number of hydrogen-bond acceptors (Lipinski definition) is 4. The van der Waals surface area contributed by atoms with Crippen LogP contribution >= 0.6 is 0 Å². The van der Waals surface area contributed by atoms with Crippen molar-refractivity contribution in [2.24, 2.45) is 11.5 Å². The summed E-state index contributed by atoms with van der Waals surface area (Å²) in [7, 11) is 0.775. The summed E-state index contributed by atoms with van der Waals surface area (Å²) < 4.78 is 11.5. The first kappa shape index (κ1) is 30.3. The molecule has 0 unspecified atom stereocenters. The Morgan fingerprint density at radius 1 is 0.567 bits per heavy atom. The van der Waals surface area contributed by atoms with E-state index >= 15 is 0 Å². The fraction of sp³-hybridized carbons (Fsp3) is 1.00. The van der Waals surface area contributed by atoms with Crippen molar-refractivity contribution in [2.75, 3.05) is 20.8 Å². The maximum Gasteiger partial charge on any atom is 0.186 e. The smallest absolute Gasteiger partial charge is 0.186 e. The number of hydrogen-bond donors (Lipinski definition) is 2. The average Bonchev–Trinajstić information content (AvgIpc) is 2.69. The van der Waals surface area contributed by atoms with E-state index in [0.717, 1.165) is 19.4 Å². The van der Waals surface area contributed by atoms with Crippen LogP contribution in [0.3, 0.4) is 0 Å². The van der Waals surface area contributed by atoms with Crippen molar-refractivity contribution in [3.05, 3.63) is 0 Å². The van der Waals surface area contributed by atoms with Crippen LogP contribution in [0.25, 0.3) is 0 Å². The Kier molecular flexibility index (Phi) is 17.0. The van der Waals surface area contributed by atoms with Gasteiger partial charge in [0, 0.05) is 19.8 Å². The lowest BCUT2D eigenvalue weighted by atomic mass is 9.84. The van der Waals surface area contributed by atoms with E-state index in [1.807, 2.05) is 14.2 Å². The molecule has 0 saturated carbocycles. The lowest BCUT2D eigenvalue weighted by Gasteiger charge is -2.32. The monoisotopic (exact) mass is 460 g/mol. The minimum atomic E-state index is -1.49. The van der Waals surface area contributed by atoms with E-state index in [2.05, 4.69) is 26.2 Å². The quantitative estimate of drug-likeness (QED) is 0.146. The molecule has 0 aliphatic heterocycles. The second-order valence-electron chi connectivity index (χ2n) is 10.7. The molecule has 0 aromatic carbocycles. The summed E-state index contributed by atoms with van der Waals surface area (Å²) in [5, 5.41) is 0. The largest absolute Gasteiger partial charge is 0.420 e. The van der Waals surface area contributed by atoms with Crippen molar-refractivity contribution in [3.8, 4) is 0 Å². The van der Waals surface area contributed by atoms with Gasteiger partial charge in [-0.25, -0.2) is 0 Å². The standard InChI is InChI=1S/C24H56N2O2Si2/c1-27-29(3,4)22-16-19-24(26,20-17-23-30(5,6)28-2)18-14-12-10-8-7-9-11-13-15-21-25/h7-23,25-26H2,1-6H3. The molecule has 0 heterocycles. The number of nitrogens with two attached hydrogens (primary N) is 2. The molecule has 182 valence electrons. The Hall–Kier alpha value is 0.274. The Bertz CT molecular complexity index is 385. The van der Waals surface area contributed by atoms with Crippen molar-refractivity contribution in [1.82, 2.24) is 0 Å². The summed E-state index contributed by atoms with van der Waals surface area (Å²) in [6.45, 7) is 10.1. The molecule has 0 saturated heterocycles. The molecule has 0 rings (SSSR count). The Balaban J connectivity index is 4.27. The van der Waals surface area contributed by atoms with Gasteiger partial charge in [0.05, 0.1) is 0 Å². The number of unbranched alkanes of at least 4 members (excludes halogenated alkanes) is 8. The molecule has 0 aromatic heterocycles. The Morgan fingerprint density at radius 2 is 0.900 bits per heavy atom. The fourth-order valence-electron chi connectivity index (χ4n) is 4.17. The van der Waals surface area contributed by atoms with Crippen LogP contribution in [0.5, 0.6) is 0 Å². The summed E-state index contributed by atoms with van der Waals surface area (Å²) in [5.74, 6) is 0. The fourth-order valence-corrected chi connectivity index (χ4v) is 6.63. The van der Waals surface area contributed by atoms with Crippen molar-refractivity contribution in [2.45, 2.75) is 134 Å². The van der Waals surface area contributed by atoms with Crippen LogP contribution in [0.2, 0.25) is 38.3 Å². The molecule has 0 atom stereocenters. The molecule has 0 spiro atoms. The summed E-state index contributed by atoms with van der Waals surface area (Å²) in [4.78, 5) is 0. The summed E-state index contributed by atoms with van der Waals surface area (Å²) in [5.41, 5.74) is 12.5. The van der Waals surface area contributed by atoms with E-state index in [1.54, 1.807) is 0 Å². The summed E-state index contributed by atoms with van der Waals surface area (Å²) in [6, 6.07) is 2.43. The Labute approximate surface area is 191 Å². The zero-order valence-corrected chi connectivity index (χ0v) is 23.5. The van der Waals surface area contributed by atoms with Crippen LogP contribution in [-0.4, -0.2) is 42.9 Å². The van der Waals surface area contributed by atoms with Gasteiger partial charge in [-0.3, -0.25) is 0 Å². The number of rotatable bonds is 21. The van der Waals surface area contributed by atoms with Crippen LogP contribution in [-0.2, 0) is 8.85 Å². The molecule has 6 heteroatoms. The lowest BCUT2D eigenvalue weighted by Crippen LogP contribution is -2.41. The van der Waals surface area contributed by atoms with Crippen molar-refractivity contribution >= 4 is 16.6 Å². The molecular weight excluding hydrogens is 404 g/mol. The topological polar surface area (TPSA) is 70.5 Å². The lowest BCUT2D eigenvalue weighted by molar-refractivity contribution is 0.312. The van der Waals surface area contributed by atoms with E-state index in [0.29, 0.717) is 0 Å². The predicted molar refractivity (Wildman–Crippen MR) is 139 cm³/mol. The van der Waals surface area contributed by atoms with E-state index in [4.69, 9.17) is 20.3 Å².